The highest BCUT2D eigenvalue weighted by atomic mass is 32.2. The second-order valence-electron chi connectivity index (χ2n) is 20.0. The summed E-state index contributed by atoms with van der Waals surface area (Å²) < 4.78 is 57.3. The highest BCUT2D eigenvalue weighted by Gasteiger charge is 2.41. The molecular weight excluding hydrogens is 995 g/mol. The van der Waals surface area contributed by atoms with E-state index in [1.54, 1.807) is 52.3 Å². The highest BCUT2D eigenvalue weighted by Crippen LogP contribution is 2.33. The number of aliphatic hydroxyl groups excluding tert-OH is 1. The fourth-order valence-electron chi connectivity index (χ4n) is 8.64. The molecule has 3 amide bonds. The van der Waals surface area contributed by atoms with Crippen LogP contribution >= 0.6 is 0 Å². The van der Waals surface area contributed by atoms with E-state index in [9.17, 15) is 37.5 Å². The second-order valence-corrected chi connectivity index (χ2v) is 22.0. The Kier molecular flexibility index (Phi) is 23.0. The molecule has 5 rings (SSSR count). The Labute approximate surface area is 448 Å². The lowest BCUT2D eigenvalue weighted by atomic mass is 9.84. The van der Waals surface area contributed by atoms with Gasteiger partial charge in [0.05, 0.1) is 44.4 Å². The number of nitrogens with one attached hydrogen (secondary N) is 2. The number of sulfonamides is 1. The zero-order chi connectivity index (χ0) is 55.4. The Hall–Kier alpha value is -6.70. The average molecular weight is 1070 g/mol. The zero-order valence-electron chi connectivity index (χ0n) is 45.0. The summed E-state index contributed by atoms with van der Waals surface area (Å²) >= 11 is 0. The summed E-state index contributed by atoms with van der Waals surface area (Å²) in [5, 5.41) is 17.1. The van der Waals surface area contributed by atoms with Crippen molar-refractivity contribution in [2.45, 2.75) is 122 Å². The molecule has 19 heteroatoms. The van der Waals surface area contributed by atoms with Crippen LogP contribution in [0.4, 0.5) is 10.5 Å². The lowest BCUT2D eigenvalue weighted by molar-refractivity contribution is -0.164. The minimum atomic E-state index is -4.04. The van der Waals surface area contributed by atoms with Gasteiger partial charge in [0, 0.05) is 37.2 Å². The first-order valence-corrected chi connectivity index (χ1v) is 27.5. The number of hydrogen-bond donors (Lipinski definition) is 4. The van der Waals surface area contributed by atoms with Gasteiger partial charge in [-0.1, -0.05) is 83.1 Å². The molecule has 0 unspecified atom stereocenters. The van der Waals surface area contributed by atoms with E-state index in [-0.39, 0.29) is 75.4 Å². The molecule has 1 aliphatic heterocycles. The van der Waals surface area contributed by atoms with Gasteiger partial charge in [-0.15, -0.1) is 0 Å². The Morgan fingerprint density at radius 1 is 0.868 bits per heavy atom. The van der Waals surface area contributed by atoms with Gasteiger partial charge in [-0.3, -0.25) is 14.4 Å². The SMILES string of the molecule is CCC(C)(C)C(=O)C(=O)N1CCCC[C@H]1C(=O)O[C@H](CCc1ccc(OC)c(OC)c1)c1cccc(OCCNC(=O)CCCOC(=O)N[C@@H](Cc2ccccc2)[C@H](O)CN(CC(C)C)S(=O)(=O)c2ccc(N)cc2)c1. The highest BCUT2D eigenvalue weighted by molar-refractivity contribution is 7.89. The first kappa shape index (κ1) is 60.2. The number of aliphatic hydroxyl groups is 1. The first-order valence-electron chi connectivity index (χ1n) is 26.0. The van der Waals surface area contributed by atoms with Gasteiger partial charge < -0.3 is 50.1 Å². The van der Waals surface area contributed by atoms with Gasteiger partial charge >= 0.3 is 12.1 Å². The molecule has 5 N–H and O–H groups in total. The number of rotatable bonds is 29. The summed E-state index contributed by atoms with van der Waals surface area (Å²) in [6.07, 6.45) is 0.537. The third-order valence-electron chi connectivity index (χ3n) is 13.4. The van der Waals surface area contributed by atoms with Crippen LogP contribution < -0.4 is 30.6 Å². The summed E-state index contributed by atoms with van der Waals surface area (Å²) in [6.45, 7) is 9.28. The maximum atomic E-state index is 14.1. The van der Waals surface area contributed by atoms with E-state index in [1.165, 1.54) is 33.5 Å². The number of hydrogen-bond acceptors (Lipinski definition) is 14. The monoisotopic (exact) mass is 1070 g/mol. The van der Waals surface area contributed by atoms with Crippen LogP contribution in [0.3, 0.4) is 0 Å². The van der Waals surface area contributed by atoms with Crippen LogP contribution in [0.15, 0.2) is 102 Å². The van der Waals surface area contributed by atoms with Gasteiger partial charge in [-0.25, -0.2) is 18.0 Å². The number of benzene rings is 4. The largest absolute Gasteiger partial charge is 0.493 e. The van der Waals surface area contributed by atoms with Crippen molar-refractivity contribution in [3.8, 4) is 17.2 Å². The fraction of sp³-hybridized carbons (Fsp3) is 0.491. The number of amides is 3. The minimum Gasteiger partial charge on any atom is -0.493 e. The molecule has 1 heterocycles. The number of Topliss-reactive ketones (excluding diaryl/α,β-unsaturated/α-hetero) is 1. The maximum Gasteiger partial charge on any atom is 0.407 e. The molecule has 1 fully saturated rings. The maximum absolute atomic E-state index is 14.1. The standard InChI is InChI=1S/C57H77N5O13S/c1-8-57(4,5)53(65)54(66)62-31-13-12-20-47(62)55(67)75-49(28-22-41-23-29-50(71-6)51(35-41)72-7)42-18-14-19-44(36-42)73-33-30-59-52(64)21-15-32-74-56(68)60-46(34-40-16-10-9-11-17-40)48(63)38-61(37-39(2)3)76(69,70)45-26-24-43(58)25-27-45/h9-11,14,16-19,23-27,29,35-36,39,46-49,63H,8,12-13,15,20-22,28,30-34,37-38,58H2,1-7H3,(H,59,64)(H,60,68)/t46-,47-,48+,49+/m0/s1. The first-order chi connectivity index (χ1) is 36.3. The van der Waals surface area contributed by atoms with Gasteiger partial charge in [-0.2, -0.15) is 4.31 Å². The molecule has 0 bridgehead atoms. The van der Waals surface area contributed by atoms with Crippen LogP contribution in [-0.4, -0.2) is 124 Å². The van der Waals surface area contributed by atoms with E-state index < -0.39 is 63.5 Å². The second kappa shape index (κ2) is 29.0. The number of anilines is 1. The molecule has 0 spiro atoms. The average Bonchev–Trinajstić information content (AvgIpc) is 3.42. The number of ketones is 1. The Morgan fingerprint density at radius 3 is 2.28 bits per heavy atom. The Balaban J connectivity index is 1.15. The number of carbonyl (C=O) groups is 5. The quantitative estimate of drug-likeness (QED) is 0.0182. The van der Waals surface area contributed by atoms with Crippen LogP contribution in [0.25, 0.3) is 0 Å². The third kappa shape index (κ3) is 17.7. The summed E-state index contributed by atoms with van der Waals surface area (Å²) in [4.78, 5) is 68.3. The van der Waals surface area contributed by atoms with Gasteiger partial charge in [0.15, 0.2) is 11.5 Å². The Bertz CT molecular complexity index is 2650. The number of nitrogens with two attached hydrogens (primary N) is 1. The lowest BCUT2D eigenvalue weighted by Gasteiger charge is -2.36. The fourth-order valence-corrected chi connectivity index (χ4v) is 10.3. The van der Waals surface area contributed by atoms with Crippen molar-refractivity contribution in [3.05, 3.63) is 114 Å². The van der Waals surface area contributed by atoms with Crippen molar-refractivity contribution in [2.75, 3.05) is 59.3 Å². The summed E-state index contributed by atoms with van der Waals surface area (Å²) in [7, 11) is -0.924. The van der Waals surface area contributed by atoms with E-state index in [1.807, 2.05) is 69.3 Å². The van der Waals surface area contributed by atoms with Gasteiger partial charge in [0.1, 0.15) is 24.5 Å². The van der Waals surface area contributed by atoms with Crippen molar-refractivity contribution in [3.63, 3.8) is 0 Å². The number of esters is 1. The van der Waals surface area contributed by atoms with Gasteiger partial charge in [-0.05, 0) is 123 Å². The van der Waals surface area contributed by atoms with E-state index in [4.69, 9.17) is 29.4 Å². The summed E-state index contributed by atoms with van der Waals surface area (Å²) in [6, 6.07) is 25.8. The van der Waals surface area contributed by atoms with Crippen LogP contribution in [-0.2, 0) is 51.5 Å². The number of nitrogens with zero attached hydrogens (tertiary/aromatic N) is 2. The van der Waals surface area contributed by atoms with Crippen molar-refractivity contribution >= 4 is 45.4 Å². The molecule has 4 atom stereocenters. The molecule has 4 aromatic rings. The van der Waals surface area contributed by atoms with Crippen LogP contribution in [0, 0.1) is 11.3 Å². The summed E-state index contributed by atoms with van der Waals surface area (Å²) in [5.74, 6) is -0.587. The predicted molar refractivity (Wildman–Crippen MR) is 288 cm³/mol. The smallest absolute Gasteiger partial charge is 0.407 e. The van der Waals surface area contributed by atoms with E-state index >= 15 is 0 Å². The lowest BCUT2D eigenvalue weighted by Crippen LogP contribution is -2.53. The van der Waals surface area contributed by atoms with Gasteiger partial charge in [0.25, 0.3) is 5.91 Å². The summed E-state index contributed by atoms with van der Waals surface area (Å²) in [5.41, 5.74) is 7.69. The number of likely N-dealkylation sites (tertiary alicyclic amines) is 1. The zero-order valence-corrected chi connectivity index (χ0v) is 45.8. The van der Waals surface area contributed by atoms with Crippen LogP contribution in [0.1, 0.15) is 102 Å². The molecule has 1 saturated heterocycles. The van der Waals surface area contributed by atoms with Crippen LogP contribution in [0.5, 0.6) is 17.2 Å². The molecule has 414 valence electrons. The van der Waals surface area contributed by atoms with E-state index in [0.29, 0.717) is 67.0 Å². The normalized spacial score (nSPS) is 15.0. The number of piperidine rings is 1. The van der Waals surface area contributed by atoms with Crippen LogP contribution in [0.2, 0.25) is 0 Å². The minimum absolute atomic E-state index is 0.0280. The third-order valence-corrected chi connectivity index (χ3v) is 15.2. The topological polar surface area (TPSA) is 242 Å². The van der Waals surface area contributed by atoms with E-state index in [0.717, 1.165) is 11.1 Å². The number of alkyl carbamates (subject to hydrolysis) is 1. The van der Waals surface area contributed by atoms with Gasteiger partial charge in [0.2, 0.25) is 21.7 Å². The number of methoxy groups -OCH3 is 2. The molecule has 0 radical (unpaired) electrons. The number of nitrogen functional groups attached to an aromatic ring is 1. The molecule has 1 aliphatic rings. The van der Waals surface area contributed by atoms with E-state index in [2.05, 4.69) is 10.6 Å². The van der Waals surface area contributed by atoms with Crippen molar-refractivity contribution in [2.24, 2.45) is 11.3 Å². The number of carbonyl (C=O) groups excluding carboxylic acids is 5. The Morgan fingerprint density at radius 2 is 1.59 bits per heavy atom. The molecule has 18 nitrogen and oxygen atoms in total. The van der Waals surface area contributed by atoms with Crippen molar-refractivity contribution in [1.82, 2.24) is 19.8 Å². The van der Waals surface area contributed by atoms with Crippen molar-refractivity contribution < 1.29 is 61.2 Å². The molecule has 0 saturated carbocycles. The molecular formula is C57H77N5O13S. The molecule has 4 aromatic carbocycles. The molecule has 76 heavy (non-hydrogen) atoms. The number of ether oxygens (including phenoxy) is 5. The molecule has 0 aliphatic carbocycles. The number of aryl methyl sites for hydroxylation is 1. The van der Waals surface area contributed by atoms with Crippen molar-refractivity contribution in [1.29, 1.82) is 0 Å². The predicted octanol–water partition coefficient (Wildman–Crippen LogP) is 7.21. The molecule has 0 aromatic heterocycles.